The first kappa shape index (κ1) is 14.2. The quantitative estimate of drug-likeness (QED) is 0.621. The van der Waals surface area contributed by atoms with Crippen molar-refractivity contribution in [2.24, 2.45) is 0 Å². The summed E-state index contributed by atoms with van der Waals surface area (Å²) in [5.74, 6) is 1.07. The zero-order chi connectivity index (χ0) is 13.5. The van der Waals surface area contributed by atoms with Gasteiger partial charge in [-0.3, -0.25) is 4.79 Å². The number of anilines is 1. The second-order valence-electron chi connectivity index (χ2n) is 4.20. The number of aromatic nitrogens is 1. The molecule has 98 valence electrons. The molecule has 0 spiro atoms. The van der Waals surface area contributed by atoms with Crippen molar-refractivity contribution >= 4 is 17.5 Å². The molecule has 1 N–H and O–H groups in total. The summed E-state index contributed by atoms with van der Waals surface area (Å²) in [4.78, 5) is 15.2. The average molecular weight is 248 g/mol. The van der Waals surface area contributed by atoms with Gasteiger partial charge in [0.15, 0.2) is 0 Å². The lowest BCUT2D eigenvalue weighted by molar-refractivity contribution is -0.114. The van der Waals surface area contributed by atoms with Gasteiger partial charge in [-0.2, -0.15) is 0 Å². The van der Waals surface area contributed by atoms with Gasteiger partial charge in [0, 0.05) is 18.7 Å². The lowest BCUT2D eigenvalue weighted by Crippen LogP contribution is -2.09. The van der Waals surface area contributed by atoms with Gasteiger partial charge in [-0.1, -0.05) is 19.9 Å². The molecule has 4 heteroatoms. The molecule has 0 saturated carbocycles. The van der Waals surface area contributed by atoms with Crippen LogP contribution in [0.3, 0.4) is 0 Å². The minimum atomic E-state index is -0.128. The Morgan fingerprint density at radius 2 is 2.28 bits per heavy atom. The smallest absolute Gasteiger partial charge is 0.222 e. The Kier molecular flexibility index (Phi) is 5.36. The van der Waals surface area contributed by atoms with Crippen LogP contribution < -0.4 is 5.32 Å². The van der Waals surface area contributed by atoms with Gasteiger partial charge in [-0.05, 0) is 25.0 Å². The molecule has 0 atom stereocenters. The van der Waals surface area contributed by atoms with Gasteiger partial charge in [0.1, 0.15) is 11.6 Å². The third kappa shape index (κ3) is 4.20. The maximum absolute atomic E-state index is 11.0. The van der Waals surface area contributed by atoms with E-state index >= 15 is 0 Å². The largest absolute Gasteiger partial charge is 0.494 e. The molecular weight excluding hydrogens is 228 g/mol. The Balaban J connectivity index is 2.71. The number of carbonyl (C=O) groups is 1. The number of ether oxygens (including phenoxy) is 1. The predicted octanol–water partition coefficient (Wildman–Crippen LogP) is 3.14. The summed E-state index contributed by atoms with van der Waals surface area (Å²) < 4.78 is 5.52. The van der Waals surface area contributed by atoms with Gasteiger partial charge in [-0.25, -0.2) is 4.98 Å². The molecule has 0 aliphatic rings. The van der Waals surface area contributed by atoms with Crippen LogP contribution in [-0.2, 0) is 9.53 Å². The molecule has 0 aliphatic carbocycles. The number of hydrogen-bond donors (Lipinski definition) is 1. The van der Waals surface area contributed by atoms with Crippen molar-refractivity contribution in [3.63, 3.8) is 0 Å². The fourth-order valence-corrected chi connectivity index (χ4v) is 1.45. The van der Waals surface area contributed by atoms with Crippen molar-refractivity contribution in [3.05, 3.63) is 30.0 Å². The number of aryl methyl sites for hydroxylation is 1. The molecule has 0 aromatic carbocycles. The minimum Gasteiger partial charge on any atom is -0.494 e. The van der Waals surface area contributed by atoms with Gasteiger partial charge in [0.25, 0.3) is 0 Å². The topological polar surface area (TPSA) is 51.2 Å². The van der Waals surface area contributed by atoms with E-state index < -0.39 is 0 Å². The third-order valence-electron chi connectivity index (χ3n) is 2.47. The highest BCUT2D eigenvalue weighted by molar-refractivity contribution is 5.88. The number of rotatable bonds is 6. The number of amides is 1. The van der Waals surface area contributed by atoms with Gasteiger partial charge in [0.2, 0.25) is 5.91 Å². The zero-order valence-corrected chi connectivity index (χ0v) is 11.2. The molecule has 1 rings (SSSR count). The maximum Gasteiger partial charge on any atom is 0.222 e. The highest BCUT2D eigenvalue weighted by Crippen LogP contribution is 2.19. The van der Waals surface area contributed by atoms with E-state index in [9.17, 15) is 4.79 Å². The first-order chi connectivity index (χ1) is 8.54. The van der Waals surface area contributed by atoms with E-state index in [2.05, 4.69) is 23.8 Å². The van der Waals surface area contributed by atoms with Crippen molar-refractivity contribution < 1.29 is 9.53 Å². The van der Waals surface area contributed by atoms with Crippen LogP contribution >= 0.6 is 0 Å². The van der Waals surface area contributed by atoms with E-state index in [1.165, 1.54) is 6.92 Å². The first-order valence-corrected chi connectivity index (χ1v) is 6.11. The number of nitrogens with zero attached hydrogens (tertiary/aromatic N) is 1. The lowest BCUT2D eigenvalue weighted by atomic mass is 10.2. The second-order valence-corrected chi connectivity index (χ2v) is 4.20. The van der Waals surface area contributed by atoms with E-state index in [1.807, 2.05) is 13.0 Å². The van der Waals surface area contributed by atoms with Crippen LogP contribution in [0.1, 0.15) is 37.8 Å². The summed E-state index contributed by atoms with van der Waals surface area (Å²) in [5.41, 5.74) is 1.74. The molecule has 1 aromatic heterocycles. The number of hydrogen-bond acceptors (Lipinski definition) is 3. The zero-order valence-electron chi connectivity index (χ0n) is 11.2. The fourth-order valence-electron chi connectivity index (χ4n) is 1.45. The van der Waals surface area contributed by atoms with E-state index in [-0.39, 0.29) is 5.91 Å². The van der Waals surface area contributed by atoms with Crippen LogP contribution in [0.5, 0.6) is 0 Å². The maximum atomic E-state index is 11.0. The molecule has 0 unspecified atom stereocenters. The molecule has 1 aromatic rings. The molecule has 1 heterocycles. The number of pyridine rings is 1. The van der Waals surface area contributed by atoms with Crippen LogP contribution in [0.25, 0.3) is 5.76 Å². The Bertz CT molecular complexity index is 441. The number of nitrogens with one attached hydrogen (secondary N) is 1. The standard InChI is InChI=1S/C14H20N2O2/c1-5-6-7-18-11(3)13-8-10(2)14(15-9-13)16-12(4)17/h8-9H,3,5-7H2,1-2,4H3,(H,15,16,17). The summed E-state index contributed by atoms with van der Waals surface area (Å²) in [6.07, 6.45) is 3.76. The monoisotopic (exact) mass is 248 g/mol. The van der Waals surface area contributed by atoms with Crippen LogP contribution in [0.4, 0.5) is 5.82 Å². The molecule has 1 amide bonds. The molecule has 0 bridgehead atoms. The minimum absolute atomic E-state index is 0.128. The molecule has 18 heavy (non-hydrogen) atoms. The predicted molar refractivity (Wildman–Crippen MR) is 73.2 cm³/mol. The fraction of sp³-hybridized carbons (Fsp3) is 0.429. The number of unbranched alkanes of at least 4 members (excludes halogenated alkanes) is 1. The summed E-state index contributed by atoms with van der Waals surface area (Å²) in [6.45, 7) is 10.0. The van der Waals surface area contributed by atoms with Crippen LogP contribution in [-0.4, -0.2) is 17.5 Å². The van der Waals surface area contributed by atoms with Gasteiger partial charge in [0.05, 0.1) is 6.61 Å². The van der Waals surface area contributed by atoms with Crippen molar-refractivity contribution in [2.45, 2.75) is 33.6 Å². The van der Waals surface area contributed by atoms with E-state index in [4.69, 9.17) is 4.74 Å². The normalized spacial score (nSPS) is 9.94. The third-order valence-corrected chi connectivity index (χ3v) is 2.47. The Hall–Kier alpha value is -1.84. The summed E-state index contributed by atoms with van der Waals surface area (Å²) >= 11 is 0. The van der Waals surface area contributed by atoms with Gasteiger partial charge >= 0.3 is 0 Å². The van der Waals surface area contributed by atoms with Crippen molar-refractivity contribution in [2.75, 3.05) is 11.9 Å². The highest BCUT2D eigenvalue weighted by Gasteiger charge is 2.06. The molecular formula is C14H20N2O2. The Labute approximate surface area is 108 Å². The van der Waals surface area contributed by atoms with Crippen molar-refractivity contribution in [1.29, 1.82) is 0 Å². The second kappa shape index (κ2) is 6.79. The molecule has 0 radical (unpaired) electrons. The van der Waals surface area contributed by atoms with Crippen LogP contribution in [0.15, 0.2) is 18.8 Å². The molecule has 4 nitrogen and oxygen atoms in total. The lowest BCUT2D eigenvalue weighted by Gasteiger charge is -2.11. The van der Waals surface area contributed by atoms with E-state index in [0.717, 1.165) is 24.0 Å². The number of carbonyl (C=O) groups excluding carboxylic acids is 1. The average Bonchev–Trinajstić information content (AvgIpc) is 2.31. The summed E-state index contributed by atoms with van der Waals surface area (Å²) in [6, 6.07) is 1.91. The van der Waals surface area contributed by atoms with Crippen molar-refractivity contribution in [1.82, 2.24) is 4.98 Å². The van der Waals surface area contributed by atoms with E-state index in [0.29, 0.717) is 18.2 Å². The van der Waals surface area contributed by atoms with Gasteiger partial charge < -0.3 is 10.1 Å². The Morgan fingerprint density at radius 1 is 1.56 bits per heavy atom. The molecule has 0 fully saturated rings. The van der Waals surface area contributed by atoms with Gasteiger partial charge in [-0.15, -0.1) is 0 Å². The molecule has 0 saturated heterocycles. The first-order valence-electron chi connectivity index (χ1n) is 6.11. The summed E-state index contributed by atoms with van der Waals surface area (Å²) in [7, 11) is 0. The van der Waals surface area contributed by atoms with Crippen LogP contribution in [0, 0.1) is 6.92 Å². The highest BCUT2D eigenvalue weighted by atomic mass is 16.5. The Morgan fingerprint density at radius 3 is 2.83 bits per heavy atom. The van der Waals surface area contributed by atoms with Crippen molar-refractivity contribution in [3.8, 4) is 0 Å². The molecule has 0 aliphatic heterocycles. The SMILES string of the molecule is C=C(OCCCC)c1cnc(NC(C)=O)c(C)c1. The van der Waals surface area contributed by atoms with E-state index in [1.54, 1.807) is 6.20 Å². The summed E-state index contributed by atoms with van der Waals surface area (Å²) in [5, 5.41) is 2.67. The van der Waals surface area contributed by atoms with Crippen LogP contribution in [0.2, 0.25) is 0 Å².